The second kappa shape index (κ2) is 7.00. The second-order valence-corrected chi connectivity index (χ2v) is 6.37. The van der Waals surface area contributed by atoms with Crippen molar-refractivity contribution in [2.45, 2.75) is 25.9 Å². The maximum Gasteiger partial charge on any atom is 0.401 e. The Morgan fingerprint density at radius 1 is 1.36 bits per heavy atom. The van der Waals surface area contributed by atoms with Gasteiger partial charge in [-0.2, -0.15) is 13.2 Å². The Hall–Kier alpha value is -1.08. The highest BCUT2D eigenvalue weighted by atomic mass is 79.9. The van der Waals surface area contributed by atoms with Gasteiger partial charge in [-0.25, -0.2) is 0 Å². The van der Waals surface area contributed by atoms with Gasteiger partial charge in [0.25, 0.3) is 0 Å². The summed E-state index contributed by atoms with van der Waals surface area (Å²) in [6.45, 7) is 1.52. The lowest BCUT2D eigenvalue weighted by molar-refractivity contribution is -0.151. The molecule has 2 rings (SSSR count). The molecule has 0 unspecified atom stereocenters. The van der Waals surface area contributed by atoms with Crippen LogP contribution < -0.4 is 4.74 Å². The fourth-order valence-electron chi connectivity index (χ4n) is 2.46. The molecule has 1 aromatic carbocycles. The van der Waals surface area contributed by atoms with Gasteiger partial charge in [-0.3, -0.25) is 9.69 Å². The van der Waals surface area contributed by atoms with Crippen LogP contribution in [0.5, 0.6) is 5.75 Å². The van der Waals surface area contributed by atoms with Gasteiger partial charge in [0, 0.05) is 0 Å². The quantitative estimate of drug-likeness (QED) is 0.588. The number of nitrogens with zero attached hydrogens (tertiary/aromatic N) is 1. The van der Waals surface area contributed by atoms with Crippen LogP contribution in [0.15, 0.2) is 22.7 Å². The monoisotopic (exact) mass is 379 g/mol. The van der Waals surface area contributed by atoms with Gasteiger partial charge >= 0.3 is 12.1 Å². The number of benzene rings is 1. The molecule has 0 saturated carbocycles. The molecular weight excluding hydrogens is 363 g/mol. The zero-order valence-electron chi connectivity index (χ0n) is 12.1. The van der Waals surface area contributed by atoms with E-state index < -0.39 is 12.7 Å². The average Bonchev–Trinajstić information content (AvgIpc) is 2.41. The topological polar surface area (TPSA) is 29.5 Å². The van der Waals surface area contributed by atoms with E-state index in [1.165, 1.54) is 4.90 Å². The molecule has 0 spiro atoms. The maximum atomic E-state index is 12.3. The molecule has 0 radical (unpaired) electrons. The molecule has 0 aliphatic carbocycles. The third kappa shape index (κ3) is 4.98. The molecule has 1 saturated heterocycles. The second-order valence-electron chi connectivity index (χ2n) is 5.52. The SMILES string of the molecule is Cc1ccc(OC(=O)C2CCN(CC(F)(F)F)CC2)c(Br)c1. The van der Waals surface area contributed by atoms with Crippen molar-refractivity contribution in [2.75, 3.05) is 19.6 Å². The molecule has 1 aromatic rings. The van der Waals surface area contributed by atoms with E-state index in [2.05, 4.69) is 15.9 Å². The molecule has 0 atom stereocenters. The molecule has 1 aliphatic heterocycles. The Kier molecular flexibility index (Phi) is 5.50. The van der Waals surface area contributed by atoms with Crippen LogP contribution >= 0.6 is 15.9 Å². The average molecular weight is 380 g/mol. The first-order valence-corrected chi connectivity index (χ1v) is 7.81. The largest absolute Gasteiger partial charge is 0.425 e. The molecule has 22 heavy (non-hydrogen) atoms. The first-order valence-electron chi connectivity index (χ1n) is 7.01. The van der Waals surface area contributed by atoms with Crippen molar-refractivity contribution in [2.24, 2.45) is 5.92 Å². The summed E-state index contributed by atoms with van der Waals surface area (Å²) < 4.78 is 43.0. The van der Waals surface area contributed by atoms with Crippen molar-refractivity contribution in [3.05, 3.63) is 28.2 Å². The molecule has 1 aliphatic rings. The summed E-state index contributed by atoms with van der Waals surface area (Å²) in [7, 11) is 0. The number of esters is 1. The van der Waals surface area contributed by atoms with Crippen LogP contribution in [0.1, 0.15) is 18.4 Å². The number of ether oxygens (including phenoxy) is 1. The molecule has 3 nitrogen and oxygen atoms in total. The van der Waals surface area contributed by atoms with Crippen molar-refractivity contribution in [3.8, 4) is 5.75 Å². The molecule has 7 heteroatoms. The van der Waals surface area contributed by atoms with E-state index in [-0.39, 0.29) is 25.0 Å². The lowest BCUT2D eigenvalue weighted by atomic mass is 9.97. The number of alkyl halides is 3. The number of carbonyl (C=O) groups is 1. The van der Waals surface area contributed by atoms with Gasteiger partial charge < -0.3 is 4.74 Å². The van der Waals surface area contributed by atoms with Crippen LogP contribution in [0.4, 0.5) is 13.2 Å². The van der Waals surface area contributed by atoms with Gasteiger partial charge in [-0.1, -0.05) is 6.07 Å². The Bertz CT molecular complexity index is 540. The molecular formula is C15H17BrF3NO2. The predicted octanol–water partition coefficient (Wildman–Crippen LogP) is 3.94. The van der Waals surface area contributed by atoms with Crippen molar-refractivity contribution < 1.29 is 22.7 Å². The fourth-order valence-corrected chi connectivity index (χ4v) is 3.03. The standard InChI is InChI=1S/C15H17BrF3NO2/c1-10-2-3-13(12(16)8-10)22-14(21)11-4-6-20(7-5-11)9-15(17,18)19/h2-3,8,11H,4-7,9H2,1H3. The highest BCUT2D eigenvalue weighted by Crippen LogP contribution is 2.28. The summed E-state index contributed by atoms with van der Waals surface area (Å²) in [5.41, 5.74) is 1.03. The number of hydrogen-bond donors (Lipinski definition) is 0. The minimum Gasteiger partial charge on any atom is -0.425 e. The zero-order chi connectivity index (χ0) is 16.3. The lowest BCUT2D eigenvalue weighted by Gasteiger charge is -2.31. The first-order chi connectivity index (χ1) is 10.2. The zero-order valence-corrected chi connectivity index (χ0v) is 13.7. The molecule has 0 aromatic heterocycles. The normalized spacial score (nSPS) is 17.5. The van der Waals surface area contributed by atoms with E-state index in [0.29, 0.717) is 23.1 Å². The summed E-state index contributed by atoms with van der Waals surface area (Å²) in [4.78, 5) is 13.4. The smallest absolute Gasteiger partial charge is 0.401 e. The van der Waals surface area contributed by atoms with Crippen molar-refractivity contribution in [1.82, 2.24) is 4.90 Å². The third-order valence-electron chi connectivity index (χ3n) is 3.62. The van der Waals surface area contributed by atoms with E-state index in [1.807, 2.05) is 19.1 Å². The number of likely N-dealkylation sites (tertiary alicyclic amines) is 1. The molecule has 122 valence electrons. The number of hydrogen-bond acceptors (Lipinski definition) is 3. The minimum atomic E-state index is -4.19. The van der Waals surface area contributed by atoms with E-state index in [4.69, 9.17) is 4.74 Å². The van der Waals surface area contributed by atoms with Gasteiger partial charge in [0.15, 0.2) is 0 Å². The van der Waals surface area contributed by atoms with Crippen molar-refractivity contribution >= 4 is 21.9 Å². The molecule has 0 N–H and O–H groups in total. The molecule has 0 amide bonds. The van der Waals surface area contributed by atoms with Crippen LogP contribution in [-0.4, -0.2) is 36.7 Å². The predicted molar refractivity (Wildman–Crippen MR) is 79.7 cm³/mol. The Labute approximate surface area is 135 Å². The number of rotatable bonds is 3. The van der Waals surface area contributed by atoms with Gasteiger partial charge in [0.1, 0.15) is 5.75 Å². The summed E-state index contributed by atoms with van der Waals surface area (Å²) in [6, 6.07) is 5.38. The minimum absolute atomic E-state index is 0.258. The van der Waals surface area contributed by atoms with Crippen molar-refractivity contribution in [1.29, 1.82) is 0 Å². The Morgan fingerprint density at radius 2 is 2.00 bits per heavy atom. The van der Waals surface area contributed by atoms with E-state index in [9.17, 15) is 18.0 Å². The lowest BCUT2D eigenvalue weighted by Crippen LogP contribution is -2.42. The number of halogens is 4. The Morgan fingerprint density at radius 3 is 2.55 bits per heavy atom. The number of carbonyl (C=O) groups excluding carboxylic acids is 1. The number of aryl methyl sites for hydroxylation is 1. The van der Waals surface area contributed by atoms with Crippen LogP contribution in [0.3, 0.4) is 0 Å². The molecule has 1 fully saturated rings. The summed E-state index contributed by atoms with van der Waals surface area (Å²) in [6.07, 6.45) is -3.42. The molecule has 1 heterocycles. The maximum absolute atomic E-state index is 12.3. The third-order valence-corrected chi connectivity index (χ3v) is 4.24. The van der Waals surface area contributed by atoms with Crippen LogP contribution in [0, 0.1) is 12.8 Å². The highest BCUT2D eigenvalue weighted by Gasteiger charge is 2.34. The van der Waals surface area contributed by atoms with Crippen LogP contribution in [0.2, 0.25) is 0 Å². The van der Waals surface area contributed by atoms with Gasteiger partial charge in [-0.15, -0.1) is 0 Å². The molecule has 0 bridgehead atoms. The summed E-state index contributed by atoms with van der Waals surface area (Å²) in [5, 5.41) is 0. The summed E-state index contributed by atoms with van der Waals surface area (Å²) >= 11 is 3.33. The number of piperidine rings is 1. The van der Waals surface area contributed by atoms with Gasteiger partial charge in [0.2, 0.25) is 0 Å². The summed E-state index contributed by atoms with van der Waals surface area (Å²) in [5.74, 6) is -0.290. The fraction of sp³-hybridized carbons (Fsp3) is 0.533. The van der Waals surface area contributed by atoms with E-state index in [0.717, 1.165) is 5.56 Å². The van der Waals surface area contributed by atoms with Gasteiger partial charge in [-0.05, 0) is 66.5 Å². The van der Waals surface area contributed by atoms with Gasteiger partial charge in [0.05, 0.1) is 16.9 Å². The highest BCUT2D eigenvalue weighted by molar-refractivity contribution is 9.10. The van der Waals surface area contributed by atoms with E-state index >= 15 is 0 Å². The van der Waals surface area contributed by atoms with E-state index in [1.54, 1.807) is 6.07 Å². The van der Waals surface area contributed by atoms with Crippen molar-refractivity contribution in [3.63, 3.8) is 0 Å². The Balaban J connectivity index is 1.87. The van der Waals surface area contributed by atoms with Crippen LogP contribution in [-0.2, 0) is 4.79 Å². The first kappa shape index (κ1) is 17.3. The van der Waals surface area contributed by atoms with Crippen LogP contribution in [0.25, 0.3) is 0 Å².